The van der Waals surface area contributed by atoms with Crippen molar-refractivity contribution in [2.75, 3.05) is 26.8 Å². The summed E-state index contributed by atoms with van der Waals surface area (Å²) in [6.45, 7) is 0.306. The first kappa shape index (κ1) is 18.6. The number of nitrogens with zero attached hydrogens (tertiary/aromatic N) is 4. The van der Waals surface area contributed by atoms with Crippen LogP contribution < -0.4 is 4.74 Å². The summed E-state index contributed by atoms with van der Waals surface area (Å²) in [5.74, 6) is 1.09. The highest BCUT2D eigenvalue weighted by molar-refractivity contribution is 5.55. The number of ether oxygens (including phenoxy) is 1. The second-order valence-electron chi connectivity index (χ2n) is 6.06. The average molecular weight is 372 g/mol. The predicted octanol–water partition coefficient (Wildman–Crippen LogP) is 2.89. The molecule has 0 bridgehead atoms. The molecule has 0 atom stereocenters. The van der Waals surface area contributed by atoms with Gasteiger partial charge in [0.25, 0.3) is 0 Å². The molecule has 1 aliphatic rings. The quantitative estimate of drug-likeness (QED) is 0.772. The molecule has 0 aromatic carbocycles. The zero-order chi connectivity index (χ0) is 18.6. The van der Waals surface area contributed by atoms with Crippen LogP contribution in [0.5, 0.6) is 5.88 Å². The van der Waals surface area contributed by atoms with Crippen molar-refractivity contribution in [2.45, 2.75) is 25.4 Å². The maximum Gasteiger partial charge on any atom is 0.422 e. The number of hydroxylamine groups is 2. The highest BCUT2D eigenvalue weighted by Gasteiger charge is 2.28. The van der Waals surface area contributed by atoms with Crippen LogP contribution in [-0.4, -0.2) is 53.2 Å². The Morgan fingerprint density at radius 2 is 2.08 bits per heavy atom. The van der Waals surface area contributed by atoms with Crippen LogP contribution in [0, 0.1) is 5.92 Å². The Kier molecular flexibility index (Phi) is 5.72. The van der Waals surface area contributed by atoms with Gasteiger partial charge in [-0.05, 0) is 24.8 Å². The molecule has 0 N–H and O–H groups in total. The fourth-order valence-electron chi connectivity index (χ4n) is 2.78. The van der Waals surface area contributed by atoms with Crippen molar-refractivity contribution in [3.63, 3.8) is 0 Å². The fourth-order valence-corrected chi connectivity index (χ4v) is 2.78. The number of piperidine rings is 1. The Hall–Kier alpha value is -2.20. The van der Waals surface area contributed by atoms with E-state index >= 15 is 0 Å². The van der Waals surface area contributed by atoms with Gasteiger partial charge in [-0.25, -0.2) is 4.98 Å². The minimum Gasteiger partial charge on any atom is -0.468 e. The molecule has 2 aromatic heterocycles. The molecule has 0 radical (unpaired) electrons. The topological polar surface area (TPSA) is 73.5 Å². The molecule has 1 saturated heterocycles. The Morgan fingerprint density at radius 3 is 2.77 bits per heavy atom. The summed E-state index contributed by atoms with van der Waals surface area (Å²) in [4.78, 5) is 13.3. The van der Waals surface area contributed by atoms with Crippen LogP contribution in [0.25, 0.3) is 11.4 Å². The molecule has 0 spiro atoms. The lowest BCUT2D eigenvalue weighted by molar-refractivity contribution is -0.154. The lowest BCUT2D eigenvalue weighted by Crippen LogP contribution is -2.33. The Balaban J connectivity index is 1.61. The number of hydrogen-bond donors (Lipinski definition) is 0. The molecule has 142 valence electrons. The minimum atomic E-state index is -4.42. The Labute approximate surface area is 148 Å². The lowest BCUT2D eigenvalue weighted by Gasteiger charge is -2.29. The summed E-state index contributed by atoms with van der Waals surface area (Å²) >= 11 is 0. The normalized spacial score (nSPS) is 16.8. The van der Waals surface area contributed by atoms with Crippen molar-refractivity contribution in [2.24, 2.45) is 5.92 Å². The predicted molar refractivity (Wildman–Crippen MR) is 84.1 cm³/mol. The summed E-state index contributed by atoms with van der Waals surface area (Å²) in [7, 11) is 1.66. The Bertz CT molecular complexity index is 715. The summed E-state index contributed by atoms with van der Waals surface area (Å²) in [5.41, 5.74) is 0.487. The summed E-state index contributed by atoms with van der Waals surface area (Å²) < 4.78 is 46.6. The van der Waals surface area contributed by atoms with E-state index in [-0.39, 0.29) is 5.88 Å². The molecule has 7 nitrogen and oxygen atoms in total. The van der Waals surface area contributed by atoms with Gasteiger partial charge in [0.1, 0.15) is 0 Å². The second-order valence-corrected chi connectivity index (χ2v) is 6.06. The van der Waals surface area contributed by atoms with E-state index in [0.29, 0.717) is 29.6 Å². The molecule has 1 fully saturated rings. The third kappa shape index (κ3) is 5.15. The standard InChI is InChI=1S/C16H19F3N4O3/c1-24-23-6-3-11(4-7-23)8-14-21-15(22-26-14)12-2-5-20-13(9-12)25-10-16(17,18)19/h2,5,9,11H,3-4,6-8,10H2,1H3. The van der Waals surface area contributed by atoms with Crippen LogP contribution in [-0.2, 0) is 11.3 Å². The molecule has 1 aliphatic heterocycles. The van der Waals surface area contributed by atoms with E-state index in [1.807, 2.05) is 5.06 Å². The molecule has 3 rings (SSSR count). The van der Waals surface area contributed by atoms with E-state index in [4.69, 9.17) is 9.36 Å². The zero-order valence-electron chi connectivity index (χ0n) is 14.2. The third-order valence-corrected chi connectivity index (χ3v) is 4.14. The highest BCUT2D eigenvalue weighted by Crippen LogP contribution is 2.24. The van der Waals surface area contributed by atoms with E-state index < -0.39 is 12.8 Å². The molecular formula is C16H19F3N4O3. The van der Waals surface area contributed by atoms with Crippen LogP contribution >= 0.6 is 0 Å². The first-order chi connectivity index (χ1) is 12.4. The van der Waals surface area contributed by atoms with Gasteiger partial charge >= 0.3 is 6.18 Å². The van der Waals surface area contributed by atoms with Gasteiger partial charge < -0.3 is 14.1 Å². The molecule has 0 amide bonds. The lowest BCUT2D eigenvalue weighted by atomic mass is 9.94. The van der Waals surface area contributed by atoms with Gasteiger partial charge in [-0.15, -0.1) is 0 Å². The first-order valence-corrected chi connectivity index (χ1v) is 8.20. The number of hydrogen-bond acceptors (Lipinski definition) is 7. The van der Waals surface area contributed by atoms with Crippen molar-refractivity contribution >= 4 is 0 Å². The number of halogens is 3. The molecule has 26 heavy (non-hydrogen) atoms. The number of aromatic nitrogens is 3. The Morgan fingerprint density at radius 1 is 1.31 bits per heavy atom. The zero-order valence-corrected chi connectivity index (χ0v) is 14.2. The van der Waals surface area contributed by atoms with Crippen molar-refractivity contribution < 1.29 is 27.3 Å². The summed E-state index contributed by atoms with van der Waals surface area (Å²) in [5, 5.41) is 5.82. The van der Waals surface area contributed by atoms with Crippen LogP contribution in [0.3, 0.4) is 0 Å². The van der Waals surface area contributed by atoms with E-state index in [2.05, 4.69) is 19.9 Å². The van der Waals surface area contributed by atoms with Gasteiger partial charge in [0.05, 0.1) is 7.11 Å². The van der Waals surface area contributed by atoms with Crippen molar-refractivity contribution in [1.82, 2.24) is 20.2 Å². The third-order valence-electron chi connectivity index (χ3n) is 4.14. The van der Waals surface area contributed by atoms with Gasteiger partial charge in [0.15, 0.2) is 6.61 Å². The SMILES string of the molecule is CON1CCC(Cc2nc(-c3ccnc(OCC(F)(F)F)c3)no2)CC1. The van der Waals surface area contributed by atoms with Crippen LogP contribution in [0.1, 0.15) is 18.7 Å². The molecule has 10 heteroatoms. The molecule has 2 aromatic rings. The van der Waals surface area contributed by atoms with Crippen molar-refractivity contribution in [1.29, 1.82) is 0 Å². The molecule has 0 saturated carbocycles. The maximum absolute atomic E-state index is 12.2. The molecule has 0 unspecified atom stereocenters. The van der Waals surface area contributed by atoms with Gasteiger partial charge in [-0.2, -0.15) is 23.2 Å². The average Bonchev–Trinajstić information content (AvgIpc) is 3.09. The van der Waals surface area contributed by atoms with E-state index in [1.54, 1.807) is 13.2 Å². The van der Waals surface area contributed by atoms with Crippen LogP contribution in [0.4, 0.5) is 13.2 Å². The molecule has 0 aliphatic carbocycles. The largest absolute Gasteiger partial charge is 0.468 e. The van der Waals surface area contributed by atoms with Crippen molar-refractivity contribution in [3.05, 3.63) is 24.2 Å². The fraction of sp³-hybridized carbons (Fsp3) is 0.562. The van der Waals surface area contributed by atoms with Gasteiger partial charge in [-0.1, -0.05) is 5.16 Å². The maximum atomic E-state index is 12.2. The molecular weight excluding hydrogens is 353 g/mol. The van der Waals surface area contributed by atoms with Crippen LogP contribution in [0.2, 0.25) is 0 Å². The minimum absolute atomic E-state index is 0.141. The monoisotopic (exact) mass is 372 g/mol. The first-order valence-electron chi connectivity index (χ1n) is 8.20. The summed E-state index contributed by atoms with van der Waals surface area (Å²) in [6, 6.07) is 2.95. The van der Waals surface area contributed by atoms with Gasteiger partial charge in [0, 0.05) is 37.3 Å². The number of pyridine rings is 1. The second kappa shape index (κ2) is 8.00. The van der Waals surface area contributed by atoms with Crippen LogP contribution in [0.15, 0.2) is 22.9 Å². The van der Waals surface area contributed by atoms with Gasteiger partial charge in [-0.3, -0.25) is 0 Å². The molecule has 3 heterocycles. The smallest absolute Gasteiger partial charge is 0.422 e. The number of alkyl halides is 3. The summed E-state index contributed by atoms with van der Waals surface area (Å²) in [6.07, 6.45) is -0.480. The van der Waals surface area contributed by atoms with E-state index in [1.165, 1.54) is 12.3 Å². The number of rotatable bonds is 6. The van der Waals surface area contributed by atoms with E-state index in [0.717, 1.165) is 25.9 Å². The highest BCUT2D eigenvalue weighted by atomic mass is 19.4. The van der Waals surface area contributed by atoms with Gasteiger partial charge in [0.2, 0.25) is 17.6 Å². The van der Waals surface area contributed by atoms with E-state index in [9.17, 15) is 13.2 Å². The van der Waals surface area contributed by atoms with Crippen molar-refractivity contribution in [3.8, 4) is 17.3 Å².